The molecule has 9 heteroatoms. The van der Waals surface area contributed by atoms with Gasteiger partial charge in [0.2, 0.25) is 0 Å². The van der Waals surface area contributed by atoms with Gasteiger partial charge in [-0.1, -0.05) is 51.3 Å². The Hall–Kier alpha value is -3.31. The number of carbonyl (C=O) groups excluding carboxylic acids is 2. The molecule has 2 amide bonds. The molecule has 0 aliphatic heterocycles. The first-order valence-corrected chi connectivity index (χ1v) is 11.1. The number of halogens is 3. The van der Waals surface area contributed by atoms with E-state index >= 15 is 0 Å². The number of rotatable bonds is 7. The quantitative estimate of drug-likeness (QED) is 0.269. The average molecular weight is 545 g/mol. The molecule has 0 aliphatic carbocycles. The molecule has 0 unspecified atom stereocenters. The van der Waals surface area contributed by atoms with E-state index in [1.807, 2.05) is 6.07 Å². The third-order valence-corrected chi connectivity index (χ3v) is 5.32. The molecular weight excluding hydrogens is 529 g/mol. The highest BCUT2D eigenvalue weighted by Gasteiger charge is 2.14. The minimum absolute atomic E-state index is 0.163. The van der Waals surface area contributed by atoms with Gasteiger partial charge in [-0.15, -0.1) is 0 Å². The maximum absolute atomic E-state index is 12.6. The van der Waals surface area contributed by atoms with Crippen molar-refractivity contribution >= 4 is 68.4 Å². The van der Waals surface area contributed by atoms with Crippen LogP contribution < -0.4 is 15.4 Å². The van der Waals surface area contributed by atoms with Gasteiger partial charge >= 0.3 is 0 Å². The minimum Gasteiger partial charge on any atom is -0.483 e. The van der Waals surface area contributed by atoms with Crippen LogP contribution >= 0.6 is 39.1 Å². The van der Waals surface area contributed by atoms with Crippen molar-refractivity contribution in [3.8, 4) is 11.8 Å². The summed E-state index contributed by atoms with van der Waals surface area (Å²) in [6.45, 7) is -0.279. The van der Waals surface area contributed by atoms with Crippen molar-refractivity contribution in [3.63, 3.8) is 0 Å². The summed E-state index contributed by atoms with van der Waals surface area (Å²) in [6, 6.07) is 20.3. The molecule has 0 spiro atoms. The molecule has 0 atom stereocenters. The molecule has 6 nitrogen and oxygen atoms in total. The van der Waals surface area contributed by atoms with Crippen LogP contribution in [0.25, 0.3) is 6.08 Å². The van der Waals surface area contributed by atoms with E-state index in [4.69, 9.17) is 27.9 Å². The van der Waals surface area contributed by atoms with Gasteiger partial charge in [0.05, 0.1) is 10.7 Å². The van der Waals surface area contributed by atoms with Crippen LogP contribution in [0.5, 0.6) is 5.75 Å². The van der Waals surface area contributed by atoms with E-state index in [1.165, 1.54) is 6.08 Å². The lowest BCUT2D eigenvalue weighted by atomic mass is 10.1. The van der Waals surface area contributed by atoms with Gasteiger partial charge in [0.25, 0.3) is 11.8 Å². The molecule has 0 saturated heterocycles. The molecule has 3 aromatic carbocycles. The summed E-state index contributed by atoms with van der Waals surface area (Å²) < 4.78 is 6.35. The summed E-state index contributed by atoms with van der Waals surface area (Å²) in [5.74, 6) is -0.688. The van der Waals surface area contributed by atoms with Crippen LogP contribution in [0.2, 0.25) is 10.0 Å². The summed E-state index contributed by atoms with van der Waals surface area (Å²) in [5.41, 5.74) is 1.24. The second kappa shape index (κ2) is 11.5. The Labute approximate surface area is 208 Å². The van der Waals surface area contributed by atoms with Crippen molar-refractivity contribution in [1.29, 1.82) is 5.26 Å². The van der Waals surface area contributed by atoms with Gasteiger partial charge in [-0.2, -0.15) is 5.26 Å². The van der Waals surface area contributed by atoms with Crippen molar-refractivity contribution in [2.24, 2.45) is 0 Å². The van der Waals surface area contributed by atoms with Gasteiger partial charge in [-0.05, 0) is 60.7 Å². The largest absolute Gasteiger partial charge is 0.483 e. The fourth-order valence-corrected chi connectivity index (χ4v) is 3.38. The van der Waals surface area contributed by atoms with Crippen LogP contribution in [0, 0.1) is 11.3 Å². The van der Waals surface area contributed by atoms with Crippen molar-refractivity contribution < 1.29 is 14.3 Å². The SMILES string of the molecule is N#C/C(=C\c1cc(Br)ccc1OCC(=O)Nc1ccc(Cl)cc1)C(=O)Nc1ccccc1Cl. The standard InChI is InChI=1S/C24H16BrCl2N3O3/c25-17-5-10-22(33-14-23(31)29-19-8-6-18(26)7-9-19)15(12-17)11-16(13-28)24(32)30-21-4-2-1-3-20(21)27/h1-12H,14H2,(H,29,31)(H,30,32)/b16-11+. The minimum atomic E-state index is -0.628. The molecule has 2 N–H and O–H groups in total. The molecule has 0 radical (unpaired) electrons. The van der Waals surface area contributed by atoms with E-state index in [9.17, 15) is 14.9 Å². The zero-order valence-corrected chi connectivity index (χ0v) is 20.0. The van der Waals surface area contributed by atoms with Crippen LogP contribution in [0.3, 0.4) is 0 Å². The van der Waals surface area contributed by atoms with Crippen LogP contribution in [-0.2, 0) is 9.59 Å². The van der Waals surface area contributed by atoms with Crippen molar-refractivity contribution in [3.05, 3.63) is 92.4 Å². The molecule has 0 saturated carbocycles. The number of nitrogens with one attached hydrogen (secondary N) is 2. The Balaban J connectivity index is 1.75. The summed E-state index contributed by atoms with van der Waals surface area (Å²) in [4.78, 5) is 24.9. The lowest BCUT2D eigenvalue weighted by Crippen LogP contribution is -2.20. The number of benzene rings is 3. The van der Waals surface area contributed by atoms with Crippen molar-refractivity contribution in [2.75, 3.05) is 17.2 Å². The van der Waals surface area contributed by atoms with Gasteiger partial charge in [0.1, 0.15) is 17.4 Å². The van der Waals surface area contributed by atoms with Gasteiger partial charge in [-0.25, -0.2) is 0 Å². The highest BCUT2D eigenvalue weighted by atomic mass is 79.9. The fraction of sp³-hybridized carbons (Fsp3) is 0.0417. The maximum Gasteiger partial charge on any atom is 0.266 e. The van der Waals surface area contributed by atoms with E-state index in [-0.39, 0.29) is 18.1 Å². The summed E-state index contributed by atoms with van der Waals surface area (Å²) in [5, 5.41) is 15.7. The van der Waals surface area contributed by atoms with E-state index in [2.05, 4.69) is 26.6 Å². The van der Waals surface area contributed by atoms with E-state index in [0.29, 0.717) is 37.2 Å². The zero-order chi connectivity index (χ0) is 23.8. The molecular formula is C24H16BrCl2N3O3. The van der Waals surface area contributed by atoms with Crippen molar-refractivity contribution in [1.82, 2.24) is 0 Å². The first-order chi connectivity index (χ1) is 15.9. The number of para-hydroxylation sites is 1. The number of nitriles is 1. The third kappa shape index (κ3) is 7.09. The Morgan fingerprint density at radius 3 is 2.45 bits per heavy atom. The summed E-state index contributed by atoms with van der Waals surface area (Å²) >= 11 is 15.3. The average Bonchev–Trinajstić information content (AvgIpc) is 2.79. The Bertz CT molecular complexity index is 1250. The van der Waals surface area contributed by atoms with E-state index in [1.54, 1.807) is 66.7 Å². The Kier molecular flexibility index (Phi) is 8.50. The molecule has 0 aliphatic rings. The summed E-state index contributed by atoms with van der Waals surface area (Å²) in [6.07, 6.45) is 1.38. The number of anilines is 2. The maximum atomic E-state index is 12.6. The van der Waals surface area contributed by atoms with Gasteiger partial charge < -0.3 is 15.4 Å². The number of hydrogen-bond donors (Lipinski definition) is 2. The summed E-state index contributed by atoms with van der Waals surface area (Å²) in [7, 11) is 0. The number of amides is 2. The fourth-order valence-electron chi connectivity index (χ4n) is 2.69. The molecule has 0 heterocycles. The highest BCUT2D eigenvalue weighted by molar-refractivity contribution is 9.10. The second-order valence-corrected chi connectivity index (χ2v) is 8.39. The lowest BCUT2D eigenvalue weighted by Gasteiger charge is -2.11. The molecule has 0 aromatic heterocycles. The number of ether oxygens (including phenoxy) is 1. The van der Waals surface area contributed by atoms with E-state index < -0.39 is 5.91 Å². The first-order valence-electron chi connectivity index (χ1n) is 9.51. The number of carbonyl (C=O) groups is 2. The zero-order valence-electron chi connectivity index (χ0n) is 16.9. The molecule has 3 aromatic rings. The van der Waals surface area contributed by atoms with Crippen molar-refractivity contribution in [2.45, 2.75) is 0 Å². The number of hydrogen-bond acceptors (Lipinski definition) is 4. The van der Waals surface area contributed by atoms with Crippen LogP contribution in [0.1, 0.15) is 5.56 Å². The number of nitrogens with zero attached hydrogens (tertiary/aromatic N) is 1. The normalized spacial score (nSPS) is 10.8. The van der Waals surface area contributed by atoms with Gasteiger partial charge in [0, 0.05) is 20.7 Å². The molecule has 0 fully saturated rings. The Morgan fingerprint density at radius 2 is 1.76 bits per heavy atom. The van der Waals surface area contributed by atoms with Crippen LogP contribution in [0.4, 0.5) is 11.4 Å². The van der Waals surface area contributed by atoms with Gasteiger partial charge in [0.15, 0.2) is 6.61 Å². The second-order valence-electron chi connectivity index (χ2n) is 6.63. The molecule has 3 rings (SSSR count). The molecule has 0 bridgehead atoms. The third-order valence-electron chi connectivity index (χ3n) is 4.25. The van der Waals surface area contributed by atoms with Gasteiger partial charge in [-0.3, -0.25) is 9.59 Å². The monoisotopic (exact) mass is 543 g/mol. The topological polar surface area (TPSA) is 91.2 Å². The predicted octanol–water partition coefficient (Wildman–Crippen LogP) is 6.32. The smallest absolute Gasteiger partial charge is 0.266 e. The molecule has 33 heavy (non-hydrogen) atoms. The van der Waals surface area contributed by atoms with E-state index in [0.717, 1.165) is 0 Å². The van der Waals surface area contributed by atoms with Crippen LogP contribution in [0.15, 0.2) is 76.8 Å². The predicted molar refractivity (Wildman–Crippen MR) is 133 cm³/mol. The molecule has 166 valence electrons. The first kappa shape index (κ1) is 24.3. The lowest BCUT2D eigenvalue weighted by molar-refractivity contribution is -0.118. The van der Waals surface area contributed by atoms with Crippen LogP contribution in [-0.4, -0.2) is 18.4 Å². The Morgan fingerprint density at radius 1 is 1.03 bits per heavy atom. The highest BCUT2D eigenvalue weighted by Crippen LogP contribution is 2.27.